The van der Waals surface area contributed by atoms with E-state index in [0.29, 0.717) is 17.1 Å². The molecule has 0 radical (unpaired) electrons. The van der Waals surface area contributed by atoms with E-state index in [-0.39, 0.29) is 11.2 Å². The zero-order valence-electron chi connectivity index (χ0n) is 12.6. The minimum Gasteiger partial charge on any atom is -0.232 e. The molecule has 0 amide bonds. The topological polar surface area (TPSA) is 81.4 Å². The lowest BCUT2D eigenvalue weighted by Gasteiger charge is -2.14. The molecule has 0 unspecified atom stereocenters. The minimum atomic E-state index is -2.46. The minimum absolute atomic E-state index is 0.00130. The zero-order chi connectivity index (χ0) is 16.3. The van der Waals surface area contributed by atoms with Crippen molar-refractivity contribution < 1.29 is 13.2 Å². The standard InChI is InChI=1S/C15H17N3O3S/c1-15(2,3)13-8-14(16-10-19)18(17-13)12-6-4-11(5-7-12)9-22(20)21/h4-8,22H,9H2,1-3H3. The van der Waals surface area contributed by atoms with E-state index in [2.05, 4.69) is 10.1 Å². The maximum absolute atomic E-state index is 10.7. The molecule has 7 heteroatoms. The molecule has 1 aromatic heterocycles. The van der Waals surface area contributed by atoms with Crippen LogP contribution in [0.4, 0.5) is 5.82 Å². The van der Waals surface area contributed by atoms with E-state index in [1.54, 1.807) is 35.0 Å². The third-order valence-electron chi connectivity index (χ3n) is 3.11. The van der Waals surface area contributed by atoms with Gasteiger partial charge in [-0.05, 0) is 17.7 Å². The molecule has 0 atom stereocenters. The van der Waals surface area contributed by atoms with Gasteiger partial charge in [0.05, 0.1) is 17.1 Å². The third kappa shape index (κ3) is 3.69. The van der Waals surface area contributed by atoms with Gasteiger partial charge in [-0.25, -0.2) is 17.9 Å². The van der Waals surface area contributed by atoms with Gasteiger partial charge in [0.2, 0.25) is 6.08 Å². The first-order valence-corrected chi connectivity index (χ1v) is 8.07. The average molecular weight is 319 g/mol. The lowest BCUT2D eigenvalue weighted by Crippen LogP contribution is -2.12. The van der Waals surface area contributed by atoms with E-state index < -0.39 is 10.7 Å². The molecule has 0 aliphatic heterocycles. The van der Waals surface area contributed by atoms with E-state index in [0.717, 1.165) is 5.69 Å². The van der Waals surface area contributed by atoms with Crippen LogP contribution in [0.3, 0.4) is 0 Å². The molecule has 0 N–H and O–H groups in total. The van der Waals surface area contributed by atoms with Crippen LogP contribution >= 0.6 is 0 Å². The van der Waals surface area contributed by atoms with E-state index in [9.17, 15) is 13.2 Å². The second-order valence-electron chi connectivity index (χ2n) is 5.91. The highest BCUT2D eigenvalue weighted by molar-refractivity contribution is 7.71. The van der Waals surface area contributed by atoms with Gasteiger partial charge in [0.25, 0.3) is 0 Å². The molecule has 0 aliphatic carbocycles. The summed E-state index contributed by atoms with van der Waals surface area (Å²) in [6.07, 6.45) is 1.53. The van der Waals surface area contributed by atoms with Crippen LogP contribution in [0.15, 0.2) is 35.3 Å². The van der Waals surface area contributed by atoms with Gasteiger partial charge in [0, 0.05) is 11.5 Å². The molecule has 2 rings (SSSR count). The van der Waals surface area contributed by atoms with Crippen LogP contribution in [-0.2, 0) is 26.7 Å². The lowest BCUT2D eigenvalue weighted by atomic mass is 9.92. The third-order valence-corrected chi connectivity index (χ3v) is 3.74. The van der Waals surface area contributed by atoms with Crippen LogP contribution < -0.4 is 0 Å². The fraction of sp³-hybridized carbons (Fsp3) is 0.333. The summed E-state index contributed by atoms with van der Waals surface area (Å²) < 4.78 is 23.0. The molecular weight excluding hydrogens is 302 g/mol. The molecule has 1 aromatic carbocycles. The summed E-state index contributed by atoms with van der Waals surface area (Å²) in [6.45, 7) is 6.05. The SMILES string of the molecule is CC(C)(C)c1cc(N=C=O)n(-c2ccc(C[SH](=O)=O)cc2)n1. The number of aromatic nitrogens is 2. The Bertz CT molecular complexity index is 784. The van der Waals surface area contributed by atoms with Crippen molar-refractivity contribution in [3.05, 3.63) is 41.6 Å². The van der Waals surface area contributed by atoms with Crippen LogP contribution in [0, 0.1) is 0 Å². The van der Waals surface area contributed by atoms with Crippen LogP contribution in [0.1, 0.15) is 32.0 Å². The van der Waals surface area contributed by atoms with Crippen LogP contribution in [-0.4, -0.2) is 24.3 Å². The van der Waals surface area contributed by atoms with Crippen molar-refractivity contribution in [2.75, 3.05) is 0 Å². The van der Waals surface area contributed by atoms with Gasteiger partial charge in [0.15, 0.2) is 5.82 Å². The summed E-state index contributed by atoms with van der Waals surface area (Å²) in [7, 11) is -2.46. The zero-order valence-corrected chi connectivity index (χ0v) is 13.5. The Labute approximate surface area is 130 Å². The maximum Gasteiger partial charge on any atom is 0.242 e. The summed E-state index contributed by atoms with van der Waals surface area (Å²) in [5.74, 6) is 0.393. The first-order chi connectivity index (χ1) is 10.3. The molecule has 116 valence electrons. The van der Waals surface area contributed by atoms with E-state index in [1.165, 1.54) is 6.08 Å². The molecule has 2 aromatic rings. The Morgan fingerprint density at radius 2 is 1.86 bits per heavy atom. The molecule has 0 fully saturated rings. The molecule has 0 bridgehead atoms. The Morgan fingerprint density at radius 1 is 1.23 bits per heavy atom. The Kier molecular flexibility index (Phi) is 4.59. The number of carbonyl (C=O) groups excluding carboxylic acids is 1. The van der Waals surface area contributed by atoms with Crippen molar-refractivity contribution in [1.82, 2.24) is 9.78 Å². The van der Waals surface area contributed by atoms with Crippen molar-refractivity contribution in [3.8, 4) is 5.69 Å². The lowest BCUT2D eigenvalue weighted by molar-refractivity contribution is 0.560. The number of hydrogen-bond donors (Lipinski definition) is 1. The Balaban J connectivity index is 2.46. The number of hydrogen-bond acceptors (Lipinski definition) is 5. The highest BCUT2D eigenvalue weighted by Crippen LogP contribution is 2.27. The summed E-state index contributed by atoms with van der Waals surface area (Å²) in [5.41, 5.74) is 2.02. The summed E-state index contributed by atoms with van der Waals surface area (Å²) in [4.78, 5) is 14.3. The highest BCUT2D eigenvalue weighted by atomic mass is 32.2. The van der Waals surface area contributed by atoms with Crippen molar-refractivity contribution in [2.24, 2.45) is 4.99 Å². The fourth-order valence-corrected chi connectivity index (χ4v) is 2.45. The Morgan fingerprint density at radius 3 is 2.36 bits per heavy atom. The summed E-state index contributed by atoms with van der Waals surface area (Å²) in [5, 5.41) is 4.49. The van der Waals surface area contributed by atoms with Crippen LogP contribution in [0.25, 0.3) is 5.69 Å². The normalized spacial score (nSPS) is 11.5. The van der Waals surface area contributed by atoms with Gasteiger partial charge in [-0.3, -0.25) is 0 Å². The maximum atomic E-state index is 10.7. The highest BCUT2D eigenvalue weighted by Gasteiger charge is 2.20. The fourth-order valence-electron chi connectivity index (χ4n) is 1.95. The first kappa shape index (κ1) is 16.1. The predicted octanol–water partition coefficient (Wildman–Crippen LogP) is 2.25. The van der Waals surface area contributed by atoms with Gasteiger partial charge in [-0.15, -0.1) is 4.99 Å². The molecular formula is C15H17N3O3S. The van der Waals surface area contributed by atoms with Crippen LogP contribution in [0.5, 0.6) is 0 Å². The molecule has 1 heterocycles. The monoisotopic (exact) mass is 319 g/mol. The largest absolute Gasteiger partial charge is 0.242 e. The number of isocyanates is 1. The van der Waals surface area contributed by atoms with E-state index in [4.69, 9.17) is 0 Å². The van der Waals surface area contributed by atoms with E-state index in [1.807, 2.05) is 20.8 Å². The quantitative estimate of drug-likeness (QED) is 0.532. The number of rotatable bonds is 4. The van der Waals surface area contributed by atoms with Crippen molar-refractivity contribution in [2.45, 2.75) is 31.9 Å². The number of aliphatic imine (C=N–C) groups is 1. The van der Waals surface area contributed by atoms with Crippen molar-refractivity contribution >= 4 is 22.6 Å². The van der Waals surface area contributed by atoms with E-state index >= 15 is 0 Å². The molecule has 22 heavy (non-hydrogen) atoms. The summed E-state index contributed by atoms with van der Waals surface area (Å²) >= 11 is 0. The van der Waals surface area contributed by atoms with Gasteiger partial charge in [-0.2, -0.15) is 5.10 Å². The Hall–Kier alpha value is -2.24. The van der Waals surface area contributed by atoms with Gasteiger partial charge < -0.3 is 0 Å². The molecule has 0 aliphatic rings. The first-order valence-electron chi connectivity index (χ1n) is 6.71. The van der Waals surface area contributed by atoms with Crippen molar-refractivity contribution in [1.29, 1.82) is 0 Å². The van der Waals surface area contributed by atoms with Gasteiger partial charge in [0.1, 0.15) is 10.7 Å². The average Bonchev–Trinajstić information content (AvgIpc) is 2.83. The molecule has 0 saturated carbocycles. The molecule has 0 spiro atoms. The smallest absolute Gasteiger partial charge is 0.232 e. The van der Waals surface area contributed by atoms with Crippen LogP contribution in [0.2, 0.25) is 0 Å². The predicted molar refractivity (Wildman–Crippen MR) is 84.1 cm³/mol. The number of nitrogens with zero attached hydrogens (tertiary/aromatic N) is 3. The molecule has 6 nitrogen and oxygen atoms in total. The van der Waals surface area contributed by atoms with Crippen molar-refractivity contribution in [3.63, 3.8) is 0 Å². The van der Waals surface area contributed by atoms with Gasteiger partial charge >= 0.3 is 0 Å². The summed E-state index contributed by atoms with van der Waals surface area (Å²) in [6, 6.07) is 8.67. The van der Waals surface area contributed by atoms with Gasteiger partial charge in [-0.1, -0.05) is 32.9 Å². The number of benzene rings is 1. The molecule has 0 saturated heterocycles. The number of thiol groups is 1. The second-order valence-corrected chi connectivity index (χ2v) is 6.89. The second kappa shape index (κ2) is 6.25.